The highest BCUT2D eigenvalue weighted by Crippen LogP contribution is 2.53. The van der Waals surface area contributed by atoms with Crippen molar-refractivity contribution in [2.75, 3.05) is 0 Å². The van der Waals surface area contributed by atoms with Crippen molar-refractivity contribution in [2.24, 2.45) is 0 Å². The minimum atomic E-state index is -0.0330. The molecule has 2 aliphatic rings. The summed E-state index contributed by atoms with van der Waals surface area (Å²) in [5.74, 6) is 1.88. The smallest absolute Gasteiger partial charge is 0.143 e. The molecule has 0 fully saturated rings. The predicted molar refractivity (Wildman–Crippen MR) is 150 cm³/mol. The Balaban J connectivity index is 1.36. The van der Waals surface area contributed by atoms with Crippen LogP contribution in [0.15, 0.2) is 109 Å². The summed E-state index contributed by atoms with van der Waals surface area (Å²) < 4.78 is 6.78. The van der Waals surface area contributed by atoms with Gasteiger partial charge in [0.1, 0.15) is 11.5 Å². The van der Waals surface area contributed by atoms with E-state index in [1.807, 2.05) is 0 Å². The number of benzene rings is 6. The Hall–Kier alpha value is -4.36. The molecule has 6 aromatic rings. The summed E-state index contributed by atoms with van der Waals surface area (Å²) in [6.07, 6.45) is 0. The molecule has 1 nitrogen and oxygen atoms in total. The summed E-state index contributed by atoms with van der Waals surface area (Å²) in [5, 5.41) is 4.91. The van der Waals surface area contributed by atoms with Gasteiger partial charge in [0, 0.05) is 21.9 Å². The van der Waals surface area contributed by atoms with E-state index < -0.39 is 0 Å². The fraction of sp³-hybridized carbons (Fsp3) is 0.0857. The minimum absolute atomic E-state index is 0.0330. The van der Waals surface area contributed by atoms with Crippen LogP contribution in [0.5, 0.6) is 11.5 Å². The normalized spacial score (nSPS) is 14.3. The minimum Gasteiger partial charge on any atom is -0.455 e. The van der Waals surface area contributed by atoms with Crippen molar-refractivity contribution in [2.45, 2.75) is 19.3 Å². The lowest BCUT2D eigenvalue weighted by Gasteiger charge is -2.25. The van der Waals surface area contributed by atoms with Crippen LogP contribution in [-0.2, 0) is 5.41 Å². The molecule has 0 bridgehead atoms. The van der Waals surface area contributed by atoms with Crippen LogP contribution in [0.3, 0.4) is 0 Å². The van der Waals surface area contributed by atoms with Crippen LogP contribution >= 0.6 is 0 Å². The highest BCUT2D eigenvalue weighted by atomic mass is 16.5. The predicted octanol–water partition coefficient (Wildman–Crippen LogP) is 9.74. The van der Waals surface area contributed by atoms with Crippen molar-refractivity contribution in [1.82, 2.24) is 0 Å². The summed E-state index contributed by atoms with van der Waals surface area (Å²) in [4.78, 5) is 0. The summed E-state index contributed by atoms with van der Waals surface area (Å²) in [5.41, 5.74) is 10.2. The highest BCUT2D eigenvalue weighted by Gasteiger charge is 2.35. The van der Waals surface area contributed by atoms with Crippen LogP contribution in [0, 0.1) is 0 Å². The Morgan fingerprint density at radius 2 is 1.22 bits per heavy atom. The first-order chi connectivity index (χ1) is 17.6. The molecule has 0 unspecified atom stereocenters. The molecule has 1 aliphatic heterocycles. The Bertz CT molecular complexity index is 1890. The second-order valence-electron chi connectivity index (χ2n) is 10.5. The topological polar surface area (TPSA) is 9.23 Å². The summed E-state index contributed by atoms with van der Waals surface area (Å²) in [6.45, 7) is 4.67. The van der Waals surface area contributed by atoms with Crippen LogP contribution in [0.1, 0.15) is 25.0 Å². The van der Waals surface area contributed by atoms with E-state index in [-0.39, 0.29) is 5.41 Å². The number of rotatable bonds is 1. The molecule has 1 heteroatoms. The third-order valence-corrected chi connectivity index (χ3v) is 8.26. The molecule has 0 amide bonds. The number of para-hydroxylation sites is 1. The molecular formula is C35H24O. The summed E-state index contributed by atoms with van der Waals surface area (Å²) in [7, 11) is 0. The first-order valence-electron chi connectivity index (χ1n) is 12.6. The first kappa shape index (κ1) is 19.9. The summed E-state index contributed by atoms with van der Waals surface area (Å²) >= 11 is 0. The van der Waals surface area contributed by atoms with E-state index in [1.54, 1.807) is 0 Å². The second-order valence-corrected chi connectivity index (χ2v) is 10.5. The fourth-order valence-electron chi connectivity index (χ4n) is 6.50. The van der Waals surface area contributed by atoms with Crippen LogP contribution in [0.4, 0.5) is 0 Å². The van der Waals surface area contributed by atoms with Gasteiger partial charge in [-0.15, -0.1) is 0 Å². The SMILES string of the molecule is CC1(C)c2ccccc2-c2ccc(-c3cccc4c3Oc3cc5ccccc5c5cccc-4c35)cc21. The van der Waals surface area contributed by atoms with Gasteiger partial charge in [0.25, 0.3) is 0 Å². The van der Waals surface area contributed by atoms with E-state index in [9.17, 15) is 0 Å². The fourth-order valence-corrected chi connectivity index (χ4v) is 6.50. The van der Waals surface area contributed by atoms with E-state index in [0.717, 1.165) is 22.6 Å². The van der Waals surface area contributed by atoms with E-state index in [1.165, 1.54) is 54.9 Å². The molecule has 1 aliphatic carbocycles. The molecule has 170 valence electrons. The molecule has 8 rings (SSSR count). The van der Waals surface area contributed by atoms with Gasteiger partial charge in [0.05, 0.1) is 0 Å². The number of fused-ring (bicyclic) bond motifs is 7. The maximum absolute atomic E-state index is 6.78. The van der Waals surface area contributed by atoms with Crippen molar-refractivity contribution in [1.29, 1.82) is 0 Å². The van der Waals surface area contributed by atoms with Gasteiger partial charge in [0.2, 0.25) is 0 Å². The van der Waals surface area contributed by atoms with Gasteiger partial charge < -0.3 is 4.74 Å². The zero-order valence-electron chi connectivity index (χ0n) is 20.3. The van der Waals surface area contributed by atoms with E-state index >= 15 is 0 Å². The van der Waals surface area contributed by atoms with Gasteiger partial charge >= 0.3 is 0 Å². The Kier molecular flexibility index (Phi) is 3.79. The summed E-state index contributed by atoms with van der Waals surface area (Å²) in [6, 6.07) is 39.7. The lowest BCUT2D eigenvalue weighted by Crippen LogP contribution is -2.14. The molecule has 0 saturated heterocycles. The van der Waals surface area contributed by atoms with Gasteiger partial charge in [0.15, 0.2) is 0 Å². The van der Waals surface area contributed by atoms with E-state index in [2.05, 4.69) is 123 Å². The van der Waals surface area contributed by atoms with Gasteiger partial charge in [-0.1, -0.05) is 111 Å². The maximum atomic E-state index is 6.78. The van der Waals surface area contributed by atoms with Gasteiger partial charge in [-0.25, -0.2) is 0 Å². The standard InChI is InChI=1S/C35H24O/c1-35(2)30-16-6-5-11-25(30)26-18-17-22(19-31(26)35)24-12-7-15-29-28-14-8-13-27-23-10-4-3-9-21(23)20-32(33(27)28)36-34(24)29/h3-20H,1-2H3. The third kappa shape index (κ3) is 2.50. The molecule has 0 saturated carbocycles. The molecule has 36 heavy (non-hydrogen) atoms. The van der Waals surface area contributed by atoms with E-state index in [4.69, 9.17) is 4.74 Å². The Labute approximate surface area is 210 Å². The van der Waals surface area contributed by atoms with Gasteiger partial charge in [-0.2, -0.15) is 0 Å². The van der Waals surface area contributed by atoms with Crippen molar-refractivity contribution >= 4 is 21.5 Å². The third-order valence-electron chi connectivity index (χ3n) is 8.26. The Morgan fingerprint density at radius 1 is 0.528 bits per heavy atom. The average Bonchev–Trinajstić information content (AvgIpc) is 3.15. The van der Waals surface area contributed by atoms with Crippen LogP contribution in [0.2, 0.25) is 0 Å². The number of ether oxygens (including phenoxy) is 1. The zero-order chi connectivity index (χ0) is 24.0. The zero-order valence-corrected chi connectivity index (χ0v) is 20.3. The Morgan fingerprint density at radius 3 is 2.17 bits per heavy atom. The second kappa shape index (κ2) is 6.86. The van der Waals surface area contributed by atoms with Crippen LogP contribution in [-0.4, -0.2) is 0 Å². The van der Waals surface area contributed by atoms with Crippen molar-refractivity contribution in [3.63, 3.8) is 0 Å². The quantitative estimate of drug-likeness (QED) is 0.222. The lowest BCUT2D eigenvalue weighted by molar-refractivity contribution is 0.489. The largest absolute Gasteiger partial charge is 0.455 e. The molecular weight excluding hydrogens is 436 g/mol. The van der Waals surface area contributed by atoms with E-state index in [0.29, 0.717) is 0 Å². The lowest BCUT2D eigenvalue weighted by atomic mass is 9.81. The van der Waals surface area contributed by atoms with Gasteiger partial charge in [-0.3, -0.25) is 0 Å². The van der Waals surface area contributed by atoms with Crippen LogP contribution in [0.25, 0.3) is 54.9 Å². The first-order valence-corrected chi connectivity index (χ1v) is 12.6. The van der Waals surface area contributed by atoms with Crippen molar-refractivity contribution in [3.05, 3.63) is 120 Å². The van der Waals surface area contributed by atoms with Crippen LogP contribution < -0.4 is 4.74 Å². The molecule has 0 atom stereocenters. The number of hydrogen-bond acceptors (Lipinski definition) is 1. The van der Waals surface area contributed by atoms with Crippen molar-refractivity contribution < 1.29 is 4.74 Å². The molecule has 0 N–H and O–H groups in total. The average molecular weight is 461 g/mol. The molecule has 0 radical (unpaired) electrons. The maximum Gasteiger partial charge on any atom is 0.143 e. The van der Waals surface area contributed by atoms with Crippen molar-refractivity contribution in [3.8, 4) is 44.9 Å². The molecule has 6 aromatic carbocycles. The molecule has 0 aromatic heterocycles. The van der Waals surface area contributed by atoms with Gasteiger partial charge in [-0.05, 0) is 61.7 Å². The number of hydrogen-bond donors (Lipinski definition) is 0. The molecule has 0 spiro atoms. The highest BCUT2D eigenvalue weighted by molar-refractivity contribution is 6.16. The molecule has 1 heterocycles. The monoisotopic (exact) mass is 460 g/mol.